The zero-order chi connectivity index (χ0) is 21.2. The highest BCUT2D eigenvalue weighted by molar-refractivity contribution is 7.89. The van der Waals surface area contributed by atoms with Crippen molar-refractivity contribution < 1.29 is 17.5 Å². The van der Waals surface area contributed by atoms with Crippen molar-refractivity contribution >= 4 is 21.6 Å². The lowest BCUT2D eigenvalue weighted by Crippen LogP contribution is -2.15. The number of hydrogen-bond donors (Lipinski definition) is 1. The Morgan fingerprint density at radius 1 is 1.24 bits per heavy atom. The van der Waals surface area contributed by atoms with Crippen LogP contribution in [0.4, 0.5) is 4.39 Å². The summed E-state index contributed by atoms with van der Waals surface area (Å²) in [6, 6.07) is 9.34. The molecule has 0 saturated heterocycles. The number of aromatic nitrogens is 2. The summed E-state index contributed by atoms with van der Waals surface area (Å²) in [4.78, 5) is 4.23. The maximum absolute atomic E-state index is 14.2. The lowest BCUT2D eigenvalue weighted by Gasteiger charge is -2.14. The third-order valence-electron chi connectivity index (χ3n) is 4.58. The van der Waals surface area contributed by atoms with E-state index in [-0.39, 0.29) is 15.8 Å². The third-order valence-corrected chi connectivity index (χ3v) is 5.86. The monoisotopic (exact) mass is 437 g/mol. The predicted octanol–water partition coefficient (Wildman–Crippen LogP) is 4.33. The number of hydrogen-bond acceptors (Lipinski definition) is 4. The van der Waals surface area contributed by atoms with Crippen LogP contribution in [0, 0.1) is 5.82 Å². The Labute approximate surface area is 174 Å². The van der Waals surface area contributed by atoms with E-state index in [0.29, 0.717) is 28.9 Å². The second kappa shape index (κ2) is 8.52. The van der Waals surface area contributed by atoms with Gasteiger partial charge in [0, 0.05) is 11.3 Å². The van der Waals surface area contributed by atoms with Crippen LogP contribution in [0.25, 0.3) is 16.9 Å². The van der Waals surface area contributed by atoms with Gasteiger partial charge in [0.15, 0.2) is 16.7 Å². The minimum Gasteiger partial charge on any atom is -0.494 e. The van der Waals surface area contributed by atoms with E-state index in [1.54, 1.807) is 22.8 Å². The summed E-state index contributed by atoms with van der Waals surface area (Å²) in [5.41, 5.74) is 2.26. The Morgan fingerprint density at radius 2 is 2.00 bits per heavy atom. The van der Waals surface area contributed by atoms with Crippen molar-refractivity contribution in [1.82, 2.24) is 9.55 Å². The van der Waals surface area contributed by atoms with Crippen LogP contribution in [0.1, 0.15) is 25.3 Å². The summed E-state index contributed by atoms with van der Waals surface area (Å²) in [7, 11) is -2.46. The molecule has 0 radical (unpaired) electrons. The highest BCUT2D eigenvalue weighted by atomic mass is 35.5. The van der Waals surface area contributed by atoms with Crippen LogP contribution in [0.5, 0.6) is 5.75 Å². The fourth-order valence-corrected chi connectivity index (χ4v) is 4.18. The van der Waals surface area contributed by atoms with Crippen LogP contribution in [-0.4, -0.2) is 25.1 Å². The van der Waals surface area contributed by atoms with E-state index >= 15 is 0 Å². The number of methoxy groups -OCH3 is 1. The second-order valence-electron chi connectivity index (χ2n) is 6.54. The number of rotatable bonds is 7. The van der Waals surface area contributed by atoms with Gasteiger partial charge in [-0.25, -0.2) is 22.9 Å². The molecular weight excluding hydrogens is 417 g/mol. The van der Waals surface area contributed by atoms with Gasteiger partial charge in [-0.3, -0.25) is 4.57 Å². The molecule has 0 aliphatic heterocycles. The molecule has 0 atom stereocenters. The van der Waals surface area contributed by atoms with E-state index in [4.69, 9.17) is 21.5 Å². The van der Waals surface area contributed by atoms with Gasteiger partial charge in [-0.15, -0.1) is 0 Å². The molecule has 9 heteroatoms. The summed E-state index contributed by atoms with van der Waals surface area (Å²) in [6.07, 6.45) is 3.79. The number of primary sulfonamides is 1. The van der Waals surface area contributed by atoms with Gasteiger partial charge in [0.25, 0.3) is 0 Å². The van der Waals surface area contributed by atoms with Gasteiger partial charge in [0.2, 0.25) is 10.0 Å². The molecule has 2 aromatic carbocycles. The zero-order valence-corrected chi connectivity index (χ0v) is 17.6. The molecule has 1 aromatic heterocycles. The van der Waals surface area contributed by atoms with Crippen LogP contribution in [0.15, 0.2) is 47.6 Å². The van der Waals surface area contributed by atoms with Crippen LogP contribution >= 0.6 is 11.6 Å². The molecule has 3 aromatic rings. The number of halogens is 2. The largest absolute Gasteiger partial charge is 0.494 e. The number of nitrogens with two attached hydrogens (primary N) is 1. The van der Waals surface area contributed by atoms with Crippen LogP contribution < -0.4 is 9.88 Å². The van der Waals surface area contributed by atoms with E-state index < -0.39 is 15.8 Å². The molecule has 0 amide bonds. The van der Waals surface area contributed by atoms with E-state index in [0.717, 1.165) is 12.8 Å². The highest BCUT2D eigenvalue weighted by Crippen LogP contribution is 2.33. The zero-order valence-electron chi connectivity index (χ0n) is 16.0. The van der Waals surface area contributed by atoms with E-state index in [9.17, 15) is 12.8 Å². The average Bonchev–Trinajstić information content (AvgIpc) is 3.06. The molecule has 154 valence electrons. The first-order valence-electron chi connectivity index (χ1n) is 8.99. The minimum absolute atomic E-state index is 0.0953. The number of unbranched alkanes of at least 4 members (excludes halogenated alkanes) is 1. The van der Waals surface area contributed by atoms with E-state index in [1.165, 1.54) is 31.6 Å². The van der Waals surface area contributed by atoms with Crippen LogP contribution in [0.2, 0.25) is 5.15 Å². The molecule has 0 aliphatic rings. The molecule has 0 spiro atoms. The Hall–Kier alpha value is -2.42. The van der Waals surface area contributed by atoms with Crippen molar-refractivity contribution in [2.45, 2.75) is 31.1 Å². The summed E-state index contributed by atoms with van der Waals surface area (Å²) in [5, 5.41) is 5.56. The van der Waals surface area contributed by atoms with Crippen molar-refractivity contribution in [2.75, 3.05) is 7.11 Å². The van der Waals surface area contributed by atoms with E-state index in [2.05, 4.69) is 4.98 Å². The van der Waals surface area contributed by atoms with Crippen molar-refractivity contribution in [3.63, 3.8) is 0 Å². The van der Waals surface area contributed by atoms with Gasteiger partial charge in [0.05, 0.1) is 17.7 Å². The third kappa shape index (κ3) is 4.44. The molecule has 1 heterocycles. The minimum atomic E-state index is -3.85. The molecule has 3 rings (SSSR count). The van der Waals surface area contributed by atoms with Gasteiger partial charge < -0.3 is 4.74 Å². The second-order valence-corrected chi connectivity index (χ2v) is 8.43. The summed E-state index contributed by atoms with van der Waals surface area (Å²) in [5.74, 6) is -0.405. The number of nitrogens with zero attached hydrogens (tertiary/aromatic N) is 2. The van der Waals surface area contributed by atoms with Gasteiger partial charge in [-0.05, 0) is 54.8 Å². The van der Waals surface area contributed by atoms with Crippen molar-refractivity contribution in [2.24, 2.45) is 5.14 Å². The maximum Gasteiger partial charge on any atom is 0.238 e. The standard InChI is InChI=1S/C20H21ClFN3O3S/c1-3-4-5-13-10-15(7-9-18(13)29(23,26)27)25-12-24-20(21)19(25)14-6-8-17(28-2)16(22)11-14/h6-12H,3-5H2,1-2H3,(H2,23,26,27). The quantitative estimate of drug-likeness (QED) is 0.595. The first kappa shape index (κ1) is 21.3. The molecule has 0 saturated carbocycles. The predicted molar refractivity (Wildman–Crippen MR) is 111 cm³/mol. The molecule has 0 bridgehead atoms. The Balaban J connectivity index is 2.14. The van der Waals surface area contributed by atoms with Gasteiger partial charge in [-0.1, -0.05) is 24.9 Å². The topological polar surface area (TPSA) is 87.2 Å². The Kier molecular flexibility index (Phi) is 6.26. The molecular formula is C20H21ClFN3O3S. The number of ether oxygens (including phenoxy) is 1. The number of imidazole rings is 1. The number of sulfonamides is 1. The summed E-state index contributed by atoms with van der Waals surface area (Å²) >= 11 is 6.28. The fraction of sp³-hybridized carbons (Fsp3) is 0.250. The summed E-state index contributed by atoms with van der Waals surface area (Å²) in [6.45, 7) is 2.02. The lowest BCUT2D eigenvalue weighted by atomic mass is 10.1. The molecule has 0 unspecified atom stereocenters. The first-order chi connectivity index (χ1) is 13.8. The van der Waals surface area contributed by atoms with Crippen molar-refractivity contribution in [3.8, 4) is 22.7 Å². The van der Waals surface area contributed by atoms with Gasteiger partial charge in [0.1, 0.15) is 6.33 Å². The highest BCUT2D eigenvalue weighted by Gasteiger charge is 2.18. The van der Waals surface area contributed by atoms with Crippen LogP contribution in [-0.2, 0) is 16.4 Å². The summed E-state index contributed by atoms with van der Waals surface area (Å²) < 4.78 is 44.7. The van der Waals surface area contributed by atoms with Gasteiger partial charge >= 0.3 is 0 Å². The molecule has 6 nitrogen and oxygen atoms in total. The smallest absolute Gasteiger partial charge is 0.238 e. The van der Waals surface area contributed by atoms with Crippen molar-refractivity contribution in [1.29, 1.82) is 0 Å². The van der Waals surface area contributed by atoms with Crippen molar-refractivity contribution in [3.05, 3.63) is 59.3 Å². The van der Waals surface area contributed by atoms with Gasteiger partial charge in [-0.2, -0.15) is 0 Å². The van der Waals surface area contributed by atoms with E-state index in [1.807, 2.05) is 6.92 Å². The fourth-order valence-electron chi connectivity index (χ4n) is 3.15. The lowest BCUT2D eigenvalue weighted by molar-refractivity contribution is 0.386. The maximum atomic E-state index is 14.2. The average molecular weight is 438 g/mol. The molecule has 0 fully saturated rings. The molecule has 2 N–H and O–H groups in total. The normalized spacial score (nSPS) is 11.6. The molecule has 0 aliphatic carbocycles. The number of aryl methyl sites for hydroxylation is 1. The SMILES string of the molecule is CCCCc1cc(-n2cnc(Cl)c2-c2ccc(OC)c(F)c2)ccc1S(N)(=O)=O. The van der Waals surface area contributed by atoms with Crippen LogP contribution in [0.3, 0.4) is 0 Å². The Morgan fingerprint density at radius 3 is 2.62 bits per heavy atom. The molecule has 29 heavy (non-hydrogen) atoms. The first-order valence-corrected chi connectivity index (χ1v) is 10.9. The number of benzene rings is 2. The Bertz CT molecular complexity index is 1150.